The van der Waals surface area contributed by atoms with E-state index in [9.17, 15) is 0 Å². The third-order valence-electron chi connectivity index (χ3n) is 3.00. The molecular weight excluding hydrogens is 240 g/mol. The summed E-state index contributed by atoms with van der Waals surface area (Å²) in [4.78, 5) is 4.30. The zero-order valence-electron chi connectivity index (χ0n) is 10.4. The molecule has 19 heavy (non-hydrogen) atoms. The Balaban J connectivity index is 1.78. The van der Waals surface area contributed by atoms with E-state index in [0.29, 0.717) is 13.2 Å². The Labute approximate surface area is 110 Å². The number of rotatable bonds is 4. The zero-order chi connectivity index (χ0) is 13.1. The van der Waals surface area contributed by atoms with Crippen molar-refractivity contribution >= 4 is 10.9 Å². The molecule has 4 nitrogen and oxygen atoms in total. The van der Waals surface area contributed by atoms with E-state index < -0.39 is 0 Å². The van der Waals surface area contributed by atoms with Crippen LogP contribution in [0.1, 0.15) is 11.3 Å². The highest BCUT2D eigenvalue weighted by molar-refractivity contribution is 5.79. The van der Waals surface area contributed by atoms with Gasteiger partial charge in [-0.25, -0.2) is 0 Å². The van der Waals surface area contributed by atoms with Crippen molar-refractivity contribution in [3.8, 4) is 5.75 Å². The molecule has 0 saturated carbocycles. The molecule has 4 heteroatoms. The molecule has 0 amide bonds. The van der Waals surface area contributed by atoms with Gasteiger partial charge in [-0.1, -0.05) is 6.07 Å². The van der Waals surface area contributed by atoms with Gasteiger partial charge >= 0.3 is 0 Å². The fourth-order valence-corrected chi connectivity index (χ4v) is 1.96. The van der Waals surface area contributed by atoms with Crippen LogP contribution in [0.4, 0.5) is 0 Å². The molecular formula is C15H14N2O2. The second kappa shape index (κ2) is 5.12. The number of hydrogen-bond acceptors (Lipinski definition) is 4. The molecule has 0 aliphatic carbocycles. The first-order valence-corrected chi connectivity index (χ1v) is 6.10. The number of ether oxygens (including phenoxy) is 1. The minimum atomic E-state index is 0.373. The van der Waals surface area contributed by atoms with Gasteiger partial charge in [-0.3, -0.25) is 4.98 Å². The highest BCUT2D eigenvalue weighted by atomic mass is 16.5. The smallest absolute Gasteiger partial charge is 0.146 e. The summed E-state index contributed by atoms with van der Waals surface area (Å²) in [5.74, 6) is 1.54. The van der Waals surface area contributed by atoms with Gasteiger partial charge in [0.15, 0.2) is 0 Å². The summed E-state index contributed by atoms with van der Waals surface area (Å²) in [5.41, 5.74) is 7.50. The summed E-state index contributed by atoms with van der Waals surface area (Å²) in [7, 11) is 0. The highest BCUT2D eigenvalue weighted by Crippen LogP contribution is 2.20. The molecule has 1 aromatic carbocycles. The zero-order valence-corrected chi connectivity index (χ0v) is 10.4. The molecule has 0 saturated heterocycles. The molecule has 0 unspecified atom stereocenters. The summed E-state index contributed by atoms with van der Waals surface area (Å²) in [6.07, 6.45) is 3.40. The number of benzene rings is 1. The maximum absolute atomic E-state index is 5.71. The molecule has 0 fully saturated rings. The number of pyridine rings is 1. The van der Waals surface area contributed by atoms with E-state index in [1.807, 2.05) is 36.4 Å². The first kappa shape index (κ1) is 11.7. The fraction of sp³-hybridized carbons (Fsp3) is 0.133. The van der Waals surface area contributed by atoms with Gasteiger partial charge in [0.25, 0.3) is 0 Å². The molecule has 0 radical (unpaired) electrons. The average Bonchev–Trinajstić information content (AvgIpc) is 2.92. The van der Waals surface area contributed by atoms with Crippen LogP contribution >= 0.6 is 0 Å². The third kappa shape index (κ3) is 2.44. The molecule has 2 aromatic heterocycles. The number of nitrogens with zero attached hydrogens (tertiary/aromatic N) is 1. The van der Waals surface area contributed by atoms with Crippen molar-refractivity contribution in [2.24, 2.45) is 5.73 Å². The van der Waals surface area contributed by atoms with Crippen molar-refractivity contribution in [2.75, 3.05) is 0 Å². The van der Waals surface area contributed by atoms with E-state index in [0.717, 1.165) is 28.0 Å². The van der Waals surface area contributed by atoms with Crippen molar-refractivity contribution in [1.29, 1.82) is 0 Å². The highest BCUT2D eigenvalue weighted by Gasteiger charge is 2.06. The Morgan fingerprint density at radius 2 is 2.16 bits per heavy atom. The molecule has 2 heterocycles. The first-order chi connectivity index (χ1) is 9.36. The summed E-state index contributed by atoms with van der Waals surface area (Å²) in [5, 5.41) is 1.09. The van der Waals surface area contributed by atoms with Gasteiger partial charge in [0.2, 0.25) is 0 Å². The van der Waals surface area contributed by atoms with E-state index in [1.54, 1.807) is 12.5 Å². The molecule has 2 N–H and O–H groups in total. The maximum atomic E-state index is 5.71. The van der Waals surface area contributed by atoms with E-state index in [-0.39, 0.29) is 0 Å². The van der Waals surface area contributed by atoms with Gasteiger partial charge < -0.3 is 14.9 Å². The van der Waals surface area contributed by atoms with E-state index in [1.165, 1.54) is 0 Å². The Bertz CT molecular complexity index is 691. The number of nitrogens with two attached hydrogens (primary N) is 1. The summed E-state index contributed by atoms with van der Waals surface area (Å²) < 4.78 is 11.1. The van der Waals surface area contributed by atoms with Crippen molar-refractivity contribution < 1.29 is 9.15 Å². The van der Waals surface area contributed by atoms with Crippen molar-refractivity contribution in [2.45, 2.75) is 13.2 Å². The Morgan fingerprint density at radius 1 is 1.21 bits per heavy atom. The van der Waals surface area contributed by atoms with Gasteiger partial charge in [0, 0.05) is 29.8 Å². The van der Waals surface area contributed by atoms with Gasteiger partial charge in [0.05, 0.1) is 11.8 Å². The van der Waals surface area contributed by atoms with E-state index >= 15 is 0 Å². The fourth-order valence-electron chi connectivity index (χ4n) is 1.96. The minimum absolute atomic E-state index is 0.373. The van der Waals surface area contributed by atoms with Gasteiger partial charge in [-0.05, 0) is 24.3 Å². The van der Waals surface area contributed by atoms with Gasteiger partial charge in [0.1, 0.15) is 18.1 Å². The van der Waals surface area contributed by atoms with Crippen LogP contribution in [0.15, 0.2) is 53.3 Å². The monoisotopic (exact) mass is 254 g/mol. The number of fused-ring (bicyclic) bond motifs is 1. The van der Waals surface area contributed by atoms with Crippen LogP contribution in [0.2, 0.25) is 0 Å². The second-order valence-corrected chi connectivity index (χ2v) is 4.22. The van der Waals surface area contributed by atoms with Crippen LogP contribution in [0.5, 0.6) is 5.75 Å². The van der Waals surface area contributed by atoms with E-state index in [4.69, 9.17) is 14.9 Å². The number of furan rings is 1. The van der Waals surface area contributed by atoms with Crippen molar-refractivity contribution in [3.63, 3.8) is 0 Å². The van der Waals surface area contributed by atoms with Crippen LogP contribution in [0.25, 0.3) is 10.9 Å². The van der Waals surface area contributed by atoms with Crippen LogP contribution < -0.4 is 10.5 Å². The topological polar surface area (TPSA) is 61.3 Å². The van der Waals surface area contributed by atoms with Crippen LogP contribution in [-0.2, 0) is 13.2 Å². The minimum Gasteiger partial charge on any atom is -0.486 e. The van der Waals surface area contributed by atoms with E-state index in [2.05, 4.69) is 4.98 Å². The SMILES string of the molecule is NCc1ccoc1COc1ccc2cccnc2c1. The number of hydrogen-bond donors (Lipinski definition) is 1. The van der Waals surface area contributed by atoms with Crippen molar-refractivity contribution in [1.82, 2.24) is 4.98 Å². The lowest BCUT2D eigenvalue weighted by molar-refractivity contribution is 0.269. The van der Waals surface area contributed by atoms with Crippen LogP contribution in [0, 0.1) is 0 Å². The molecule has 96 valence electrons. The third-order valence-corrected chi connectivity index (χ3v) is 3.00. The van der Waals surface area contributed by atoms with Crippen LogP contribution in [-0.4, -0.2) is 4.98 Å². The standard InChI is InChI=1S/C15H14N2O2/c16-9-12-5-7-18-15(12)10-19-13-4-3-11-2-1-6-17-14(11)8-13/h1-8H,9-10,16H2. The molecule has 0 spiro atoms. The Kier molecular flexibility index (Phi) is 3.16. The average molecular weight is 254 g/mol. The molecule has 0 atom stereocenters. The molecule has 3 aromatic rings. The molecule has 3 rings (SSSR count). The van der Waals surface area contributed by atoms with Crippen LogP contribution in [0.3, 0.4) is 0 Å². The molecule has 0 aliphatic rings. The number of aromatic nitrogens is 1. The maximum Gasteiger partial charge on any atom is 0.146 e. The summed E-state index contributed by atoms with van der Waals surface area (Å²) >= 11 is 0. The lowest BCUT2D eigenvalue weighted by Crippen LogP contribution is -2.01. The summed E-state index contributed by atoms with van der Waals surface area (Å²) in [6, 6.07) is 11.6. The molecule has 0 bridgehead atoms. The predicted octanol–water partition coefficient (Wildman–Crippen LogP) is 2.87. The van der Waals surface area contributed by atoms with Crippen molar-refractivity contribution in [3.05, 3.63) is 60.2 Å². The Morgan fingerprint density at radius 3 is 3.05 bits per heavy atom. The predicted molar refractivity (Wildman–Crippen MR) is 72.7 cm³/mol. The first-order valence-electron chi connectivity index (χ1n) is 6.10. The largest absolute Gasteiger partial charge is 0.486 e. The molecule has 0 aliphatic heterocycles. The lowest BCUT2D eigenvalue weighted by atomic mass is 10.2. The normalized spacial score (nSPS) is 10.8. The second-order valence-electron chi connectivity index (χ2n) is 4.22. The Hall–Kier alpha value is -2.33. The lowest BCUT2D eigenvalue weighted by Gasteiger charge is -2.06. The quantitative estimate of drug-likeness (QED) is 0.777. The van der Waals surface area contributed by atoms with Gasteiger partial charge in [-0.2, -0.15) is 0 Å². The summed E-state index contributed by atoms with van der Waals surface area (Å²) in [6.45, 7) is 0.826. The van der Waals surface area contributed by atoms with Gasteiger partial charge in [-0.15, -0.1) is 0 Å².